The van der Waals surface area contributed by atoms with Crippen molar-refractivity contribution in [2.75, 3.05) is 5.32 Å². The van der Waals surface area contributed by atoms with E-state index in [1.54, 1.807) is 26.0 Å². The molecule has 0 fully saturated rings. The summed E-state index contributed by atoms with van der Waals surface area (Å²) in [6.07, 6.45) is 0. The van der Waals surface area contributed by atoms with Crippen molar-refractivity contribution in [2.24, 2.45) is 11.8 Å². The molecule has 0 aliphatic heterocycles. The van der Waals surface area contributed by atoms with E-state index >= 15 is 0 Å². The van der Waals surface area contributed by atoms with E-state index in [4.69, 9.17) is 5.11 Å². The van der Waals surface area contributed by atoms with Gasteiger partial charge < -0.3 is 10.4 Å². The number of amides is 1. The molecule has 0 radical (unpaired) electrons. The van der Waals surface area contributed by atoms with Crippen molar-refractivity contribution in [3.63, 3.8) is 0 Å². The highest BCUT2D eigenvalue weighted by Gasteiger charge is 2.29. The minimum absolute atomic E-state index is 0.235. The van der Waals surface area contributed by atoms with Crippen LogP contribution in [0.4, 0.5) is 5.00 Å². The monoisotopic (exact) mass is 305 g/mol. The van der Waals surface area contributed by atoms with Crippen LogP contribution in [0.2, 0.25) is 0 Å². The molecule has 2 N–H and O–H groups in total. The van der Waals surface area contributed by atoms with Crippen LogP contribution in [-0.2, 0) is 9.59 Å². The van der Waals surface area contributed by atoms with Crippen molar-refractivity contribution in [3.05, 3.63) is 15.9 Å². The highest BCUT2D eigenvalue weighted by atomic mass is 79.9. The summed E-state index contributed by atoms with van der Waals surface area (Å²) in [5.74, 6) is -2.82. The average molecular weight is 306 g/mol. The van der Waals surface area contributed by atoms with Gasteiger partial charge in [0, 0.05) is 0 Å². The van der Waals surface area contributed by atoms with Crippen molar-refractivity contribution in [3.8, 4) is 0 Å². The summed E-state index contributed by atoms with van der Waals surface area (Å²) in [5.41, 5.74) is 0. The Hall–Kier alpha value is -0.880. The lowest BCUT2D eigenvalue weighted by molar-refractivity contribution is -0.147. The summed E-state index contributed by atoms with van der Waals surface area (Å²) in [5, 5.41) is 12.2. The molecule has 16 heavy (non-hydrogen) atoms. The third kappa shape index (κ3) is 3.31. The van der Waals surface area contributed by atoms with Crippen LogP contribution in [0, 0.1) is 11.8 Å². The van der Waals surface area contributed by atoms with Gasteiger partial charge >= 0.3 is 5.97 Å². The molecule has 0 saturated heterocycles. The first-order valence-electron chi connectivity index (χ1n) is 4.71. The van der Waals surface area contributed by atoms with E-state index in [1.165, 1.54) is 11.3 Å². The van der Waals surface area contributed by atoms with Gasteiger partial charge in [0.05, 0.1) is 8.79 Å². The van der Waals surface area contributed by atoms with Crippen LogP contribution in [0.15, 0.2) is 15.9 Å². The Kier molecular flexibility index (Phi) is 4.49. The maximum atomic E-state index is 11.7. The van der Waals surface area contributed by atoms with Crippen LogP contribution >= 0.6 is 27.3 Å². The van der Waals surface area contributed by atoms with Crippen LogP contribution in [0.25, 0.3) is 0 Å². The van der Waals surface area contributed by atoms with Gasteiger partial charge in [-0.15, -0.1) is 11.3 Å². The van der Waals surface area contributed by atoms with Crippen LogP contribution < -0.4 is 5.32 Å². The number of carbonyl (C=O) groups excluding carboxylic acids is 1. The number of aliphatic carboxylic acids is 1. The maximum Gasteiger partial charge on any atom is 0.316 e. The van der Waals surface area contributed by atoms with Gasteiger partial charge in [-0.25, -0.2) is 0 Å². The predicted molar refractivity (Wildman–Crippen MR) is 66.6 cm³/mol. The van der Waals surface area contributed by atoms with E-state index in [9.17, 15) is 9.59 Å². The topological polar surface area (TPSA) is 66.4 Å². The number of anilines is 1. The fraction of sp³-hybridized carbons (Fsp3) is 0.400. The van der Waals surface area contributed by atoms with Gasteiger partial charge in [0.1, 0.15) is 5.92 Å². The van der Waals surface area contributed by atoms with Gasteiger partial charge in [-0.1, -0.05) is 13.8 Å². The first kappa shape index (κ1) is 13.2. The van der Waals surface area contributed by atoms with E-state index in [1.807, 2.05) is 0 Å². The molecule has 1 rings (SSSR count). The van der Waals surface area contributed by atoms with E-state index in [0.29, 0.717) is 5.00 Å². The Morgan fingerprint density at radius 1 is 1.44 bits per heavy atom. The quantitative estimate of drug-likeness (QED) is 0.841. The minimum Gasteiger partial charge on any atom is -0.481 e. The van der Waals surface area contributed by atoms with Crippen LogP contribution in [-0.4, -0.2) is 17.0 Å². The van der Waals surface area contributed by atoms with Gasteiger partial charge in [0.15, 0.2) is 0 Å². The molecule has 1 aromatic rings. The van der Waals surface area contributed by atoms with Gasteiger partial charge in [-0.3, -0.25) is 9.59 Å². The summed E-state index contributed by atoms with van der Waals surface area (Å²) in [6.45, 7) is 3.42. The molecule has 0 spiro atoms. The first-order chi connectivity index (χ1) is 7.41. The summed E-state index contributed by atoms with van der Waals surface area (Å²) in [6, 6.07) is 3.53. The summed E-state index contributed by atoms with van der Waals surface area (Å²) in [7, 11) is 0. The molecule has 0 saturated carbocycles. The van der Waals surface area contributed by atoms with Crippen molar-refractivity contribution in [1.29, 1.82) is 0 Å². The molecule has 1 amide bonds. The number of hydrogen-bond donors (Lipinski definition) is 2. The molecule has 0 aliphatic carbocycles. The maximum absolute atomic E-state index is 11.7. The zero-order chi connectivity index (χ0) is 12.3. The number of carboxylic acid groups (broad SMARTS) is 1. The van der Waals surface area contributed by atoms with E-state index in [2.05, 4.69) is 21.2 Å². The van der Waals surface area contributed by atoms with Gasteiger partial charge in [0.25, 0.3) is 0 Å². The van der Waals surface area contributed by atoms with Crippen molar-refractivity contribution >= 4 is 44.1 Å². The predicted octanol–water partition coefficient (Wildman–Crippen LogP) is 2.81. The molecule has 1 heterocycles. The molecule has 0 aliphatic rings. The van der Waals surface area contributed by atoms with Crippen LogP contribution in [0.5, 0.6) is 0 Å². The number of rotatable bonds is 4. The summed E-state index contributed by atoms with van der Waals surface area (Å²) >= 11 is 4.62. The SMILES string of the molecule is CC(C)C(C(=O)O)C(=O)Nc1ccc(Br)s1. The summed E-state index contributed by atoms with van der Waals surface area (Å²) < 4.78 is 0.888. The number of hydrogen-bond acceptors (Lipinski definition) is 3. The molecular weight excluding hydrogens is 294 g/mol. The van der Waals surface area contributed by atoms with Crippen LogP contribution in [0.3, 0.4) is 0 Å². The average Bonchev–Trinajstić information content (AvgIpc) is 2.49. The van der Waals surface area contributed by atoms with E-state index < -0.39 is 17.8 Å². The second kappa shape index (κ2) is 5.45. The largest absolute Gasteiger partial charge is 0.481 e. The molecule has 4 nitrogen and oxygen atoms in total. The lowest BCUT2D eigenvalue weighted by Crippen LogP contribution is -2.33. The number of nitrogens with one attached hydrogen (secondary N) is 1. The van der Waals surface area contributed by atoms with Gasteiger partial charge in [-0.2, -0.15) is 0 Å². The van der Waals surface area contributed by atoms with Gasteiger partial charge in [-0.05, 0) is 34.0 Å². The van der Waals surface area contributed by atoms with E-state index in [0.717, 1.165) is 3.79 Å². The number of carbonyl (C=O) groups is 2. The molecule has 6 heteroatoms. The highest BCUT2D eigenvalue weighted by Crippen LogP contribution is 2.27. The molecule has 0 aromatic carbocycles. The zero-order valence-electron chi connectivity index (χ0n) is 8.86. The highest BCUT2D eigenvalue weighted by molar-refractivity contribution is 9.11. The second-order valence-corrected chi connectivity index (χ2v) is 6.12. The molecule has 88 valence electrons. The molecule has 1 aromatic heterocycles. The number of thiophene rings is 1. The van der Waals surface area contributed by atoms with Crippen molar-refractivity contribution < 1.29 is 14.7 Å². The normalized spacial score (nSPS) is 12.5. The minimum atomic E-state index is -1.09. The molecule has 0 bridgehead atoms. The lowest BCUT2D eigenvalue weighted by atomic mass is 9.95. The number of carboxylic acids is 1. The number of halogens is 1. The molecule has 1 unspecified atom stereocenters. The smallest absolute Gasteiger partial charge is 0.316 e. The fourth-order valence-electron chi connectivity index (χ4n) is 1.28. The standard InChI is InChI=1S/C10H12BrNO3S/c1-5(2)8(10(14)15)9(13)12-7-4-3-6(11)16-7/h3-5,8H,1-2H3,(H,12,13)(H,14,15). The van der Waals surface area contributed by atoms with Gasteiger partial charge in [0.2, 0.25) is 5.91 Å². The Morgan fingerprint density at radius 2 is 2.06 bits per heavy atom. The fourth-order valence-corrected chi connectivity index (χ4v) is 2.57. The Balaban J connectivity index is 2.73. The zero-order valence-corrected chi connectivity index (χ0v) is 11.3. The Morgan fingerprint density at radius 3 is 2.44 bits per heavy atom. The van der Waals surface area contributed by atoms with Crippen molar-refractivity contribution in [2.45, 2.75) is 13.8 Å². The lowest BCUT2D eigenvalue weighted by Gasteiger charge is -2.14. The van der Waals surface area contributed by atoms with Crippen molar-refractivity contribution in [1.82, 2.24) is 0 Å². The van der Waals surface area contributed by atoms with E-state index in [-0.39, 0.29) is 5.92 Å². The Bertz CT molecular complexity index is 403. The molecule has 1 atom stereocenters. The third-order valence-corrected chi connectivity index (χ3v) is 3.57. The molecular formula is C10H12BrNO3S. The summed E-state index contributed by atoms with van der Waals surface area (Å²) in [4.78, 5) is 22.6. The first-order valence-corrected chi connectivity index (χ1v) is 6.31. The Labute approximate surface area is 106 Å². The third-order valence-electron chi connectivity index (χ3n) is 2.03. The second-order valence-electron chi connectivity index (χ2n) is 3.65. The van der Waals surface area contributed by atoms with Crippen LogP contribution in [0.1, 0.15) is 13.8 Å².